The molecule has 0 bridgehead atoms. The maximum atomic E-state index is 12.3. The lowest BCUT2D eigenvalue weighted by Crippen LogP contribution is -2.26. The second-order valence-electron chi connectivity index (χ2n) is 4.80. The van der Waals surface area contributed by atoms with Gasteiger partial charge in [0.05, 0.1) is 6.26 Å². The molecule has 4 heteroatoms. The van der Waals surface area contributed by atoms with Crippen LogP contribution in [0.15, 0.2) is 34.9 Å². The van der Waals surface area contributed by atoms with Crippen LogP contribution < -0.4 is 5.73 Å². The molecule has 1 aromatic carbocycles. The fourth-order valence-electron chi connectivity index (χ4n) is 2.06. The van der Waals surface area contributed by atoms with Gasteiger partial charge in [-0.15, -0.1) is 0 Å². The lowest BCUT2D eigenvalue weighted by atomic mass is 10.1. The van der Waals surface area contributed by atoms with Crippen molar-refractivity contribution in [1.82, 2.24) is 4.90 Å². The van der Waals surface area contributed by atoms with E-state index in [-0.39, 0.29) is 5.91 Å². The predicted octanol–water partition coefficient (Wildman–Crippen LogP) is 2.75. The van der Waals surface area contributed by atoms with Crippen molar-refractivity contribution < 1.29 is 9.21 Å². The molecule has 2 aromatic rings. The third kappa shape index (κ3) is 2.96. The summed E-state index contributed by atoms with van der Waals surface area (Å²) < 4.78 is 5.23. The summed E-state index contributed by atoms with van der Waals surface area (Å²) in [7, 11) is 1.77. The van der Waals surface area contributed by atoms with E-state index in [9.17, 15) is 4.79 Å². The van der Waals surface area contributed by atoms with Gasteiger partial charge in [0.25, 0.3) is 5.91 Å². The van der Waals surface area contributed by atoms with Gasteiger partial charge in [0, 0.05) is 30.4 Å². The van der Waals surface area contributed by atoms with Crippen molar-refractivity contribution in [3.63, 3.8) is 0 Å². The molecule has 1 aromatic heterocycles. The Morgan fingerprint density at radius 2 is 2.05 bits per heavy atom. The lowest BCUT2D eigenvalue weighted by Gasteiger charge is -2.17. The van der Waals surface area contributed by atoms with Crippen molar-refractivity contribution in [2.45, 2.75) is 20.4 Å². The van der Waals surface area contributed by atoms with E-state index < -0.39 is 0 Å². The molecule has 100 valence electrons. The second-order valence-corrected chi connectivity index (χ2v) is 4.80. The molecule has 0 aliphatic rings. The maximum absolute atomic E-state index is 12.3. The Bertz CT molecular complexity index is 582. The minimum Gasteiger partial charge on any atom is -0.469 e. The average Bonchev–Trinajstić information content (AvgIpc) is 2.72. The topological polar surface area (TPSA) is 59.5 Å². The zero-order chi connectivity index (χ0) is 14.0. The highest BCUT2D eigenvalue weighted by Crippen LogP contribution is 2.16. The van der Waals surface area contributed by atoms with Crippen LogP contribution in [0.25, 0.3) is 0 Å². The van der Waals surface area contributed by atoms with Gasteiger partial charge < -0.3 is 15.1 Å². The molecule has 1 heterocycles. The van der Waals surface area contributed by atoms with Gasteiger partial charge in [-0.25, -0.2) is 0 Å². The molecular weight excluding hydrogens is 240 g/mol. The van der Waals surface area contributed by atoms with E-state index in [2.05, 4.69) is 0 Å². The maximum Gasteiger partial charge on any atom is 0.253 e. The van der Waals surface area contributed by atoms with E-state index in [1.54, 1.807) is 24.3 Å². The van der Waals surface area contributed by atoms with Gasteiger partial charge >= 0.3 is 0 Å². The number of anilines is 1. The zero-order valence-electron chi connectivity index (χ0n) is 11.4. The number of amides is 1. The number of hydrogen-bond acceptors (Lipinski definition) is 3. The molecule has 0 aliphatic heterocycles. The Morgan fingerprint density at radius 1 is 1.32 bits per heavy atom. The first-order chi connectivity index (χ1) is 8.97. The summed E-state index contributed by atoms with van der Waals surface area (Å²) in [5.74, 6) is 0.791. The van der Waals surface area contributed by atoms with E-state index in [0.717, 1.165) is 16.9 Å². The van der Waals surface area contributed by atoms with Gasteiger partial charge in [0.2, 0.25) is 0 Å². The predicted molar refractivity (Wildman–Crippen MR) is 74.8 cm³/mol. The van der Waals surface area contributed by atoms with Crippen molar-refractivity contribution in [2.24, 2.45) is 0 Å². The van der Waals surface area contributed by atoms with Gasteiger partial charge in [0.1, 0.15) is 5.76 Å². The smallest absolute Gasteiger partial charge is 0.253 e. The summed E-state index contributed by atoms with van der Waals surface area (Å²) in [5, 5.41) is 0. The quantitative estimate of drug-likeness (QED) is 0.861. The summed E-state index contributed by atoms with van der Waals surface area (Å²) >= 11 is 0. The largest absolute Gasteiger partial charge is 0.469 e. The fraction of sp³-hybridized carbons (Fsp3) is 0.267. The third-order valence-electron chi connectivity index (χ3n) is 3.07. The molecule has 0 fully saturated rings. The molecule has 1 amide bonds. The minimum atomic E-state index is -0.0454. The summed E-state index contributed by atoms with van der Waals surface area (Å²) in [6.45, 7) is 4.33. The first-order valence-corrected chi connectivity index (χ1v) is 6.13. The number of benzene rings is 1. The molecule has 0 saturated heterocycles. The van der Waals surface area contributed by atoms with E-state index in [1.165, 1.54) is 0 Å². The van der Waals surface area contributed by atoms with Crippen molar-refractivity contribution in [1.29, 1.82) is 0 Å². The molecule has 2 rings (SSSR count). The van der Waals surface area contributed by atoms with E-state index in [1.807, 2.05) is 32.0 Å². The van der Waals surface area contributed by atoms with Gasteiger partial charge in [-0.3, -0.25) is 4.79 Å². The van der Waals surface area contributed by atoms with Crippen LogP contribution in [-0.2, 0) is 6.54 Å². The Hall–Kier alpha value is -2.23. The molecule has 0 spiro atoms. The summed E-state index contributed by atoms with van der Waals surface area (Å²) in [4.78, 5) is 14.0. The van der Waals surface area contributed by atoms with E-state index >= 15 is 0 Å². The van der Waals surface area contributed by atoms with Gasteiger partial charge in [-0.2, -0.15) is 0 Å². The van der Waals surface area contributed by atoms with Crippen LogP contribution in [0.4, 0.5) is 5.69 Å². The van der Waals surface area contributed by atoms with Crippen LogP contribution in [0.1, 0.15) is 27.2 Å². The number of nitrogens with two attached hydrogens (primary N) is 1. The van der Waals surface area contributed by atoms with Crippen molar-refractivity contribution in [2.75, 3.05) is 12.8 Å². The van der Waals surface area contributed by atoms with Crippen LogP contribution >= 0.6 is 0 Å². The number of rotatable bonds is 3. The molecule has 0 unspecified atom stereocenters. The highest BCUT2D eigenvalue weighted by atomic mass is 16.3. The number of aryl methyl sites for hydroxylation is 2. The Labute approximate surface area is 112 Å². The van der Waals surface area contributed by atoms with Crippen LogP contribution in [0.2, 0.25) is 0 Å². The fourth-order valence-corrected chi connectivity index (χ4v) is 2.06. The van der Waals surface area contributed by atoms with Crippen molar-refractivity contribution >= 4 is 11.6 Å². The van der Waals surface area contributed by atoms with Crippen molar-refractivity contribution in [3.8, 4) is 0 Å². The molecular formula is C15H18N2O2. The highest BCUT2D eigenvalue weighted by molar-refractivity contribution is 5.95. The molecule has 19 heavy (non-hydrogen) atoms. The molecule has 0 atom stereocenters. The van der Waals surface area contributed by atoms with Gasteiger partial charge in [0.15, 0.2) is 0 Å². The van der Waals surface area contributed by atoms with Crippen molar-refractivity contribution in [3.05, 3.63) is 53.0 Å². The summed E-state index contributed by atoms with van der Waals surface area (Å²) in [5.41, 5.74) is 8.98. The van der Waals surface area contributed by atoms with Gasteiger partial charge in [-0.1, -0.05) is 0 Å². The number of nitrogens with zero attached hydrogens (tertiary/aromatic N) is 1. The second kappa shape index (κ2) is 5.18. The summed E-state index contributed by atoms with van der Waals surface area (Å²) in [6, 6.07) is 7.27. The number of carbonyl (C=O) groups is 1. The average molecular weight is 258 g/mol. The Kier molecular flexibility index (Phi) is 3.60. The SMILES string of the molecule is Cc1cc(N)cc(C(=O)N(C)Cc2ccoc2C)c1. The summed E-state index contributed by atoms with van der Waals surface area (Å²) in [6.07, 6.45) is 1.63. The molecule has 0 aliphatic carbocycles. The number of carbonyl (C=O) groups excluding carboxylic acids is 1. The van der Waals surface area contributed by atoms with Crippen LogP contribution in [0.3, 0.4) is 0 Å². The minimum absolute atomic E-state index is 0.0454. The number of hydrogen-bond donors (Lipinski definition) is 1. The van der Waals surface area contributed by atoms with Crippen LogP contribution in [0, 0.1) is 13.8 Å². The molecule has 0 radical (unpaired) electrons. The first kappa shape index (κ1) is 13.2. The standard InChI is InChI=1S/C15H18N2O2/c1-10-6-13(8-14(16)7-10)15(18)17(3)9-12-4-5-19-11(12)2/h4-8H,9,16H2,1-3H3. The Morgan fingerprint density at radius 3 is 2.63 bits per heavy atom. The molecule has 0 saturated carbocycles. The first-order valence-electron chi connectivity index (χ1n) is 6.13. The van der Waals surface area contributed by atoms with Crippen LogP contribution in [-0.4, -0.2) is 17.9 Å². The van der Waals surface area contributed by atoms with E-state index in [4.69, 9.17) is 10.2 Å². The molecule has 4 nitrogen and oxygen atoms in total. The van der Waals surface area contributed by atoms with Crippen LogP contribution in [0.5, 0.6) is 0 Å². The van der Waals surface area contributed by atoms with Gasteiger partial charge in [-0.05, 0) is 43.7 Å². The third-order valence-corrected chi connectivity index (χ3v) is 3.07. The Balaban J connectivity index is 2.17. The number of nitrogen functional groups attached to an aromatic ring is 1. The number of furan rings is 1. The monoisotopic (exact) mass is 258 g/mol. The zero-order valence-corrected chi connectivity index (χ0v) is 11.4. The lowest BCUT2D eigenvalue weighted by molar-refractivity contribution is 0.0784. The highest BCUT2D eigenvalue weighted by Gasteiger charge is 2.14. The molecule has 2 N–H and O–H groups in total. The normalized spacial score (nSPS) is 10.5. The van der Waals surface area contributed by atoms with E-state index in [0.29, 0.717) is 17.8 Å².